The summed E-state index contributed by atoms with van der Waals surface area (Å²) in [4.78, 5) is 7.46. The third kappa shape index (κ3) is 4.20. The van der Waals surface area contributed by atoms with Gasteiger partial charge in [-0.1, -0.05) is 84.9 Å². The van der Waals surface area contributed by atoms with Crippen LogP contribution in [0.2, 0.25) is 0 Å². The van der Waals surface area contributed by atoms with Gasteiger partial charge in [-0.25, -0.2) is 4.99 Å². The Balaban J connectivity index is 1.25. The molecule has 3 heterocycles. The lowest BCUT2D eigenvalue weighted by Crippen LogP contribution is -2.32. The zero-order chi connectivity index (χ0) is 29.7. The molecule has 0 spiro atoms. The van der Waals surface area contributed by atoms with Crippen molar-refractivity contribution in [3.8, 4) is 0 Å². The topological polar surface area (TPSA) is 53.9 Å². The van der Waals surface area contributed by atoms with E-state index in [4.69, 9.17) is 13.8 Å². The highest BCUT2D eigenvalue weighted by Crippen LogP contribution is 2.44. The predicted molar refractivity (Wildman–Crippen MR) is 182 cm³/mol. The minimum Gasteiger partial charge on any atom is -0.456 e. The van der Waals surface area contributed by atoms with E-state index in [0.717, 1.165) is 78.4 Å². The molecule has 0 saturated carbocycles. The Morgan fingerprint density at radius 3 is 1.96 bits per heavy atom. The highest BCUT2D eigenvalue weighted by atomic mass is 16.3. The van der Waals surface area contributed by atoms with Crippen molar-refractivity contribution in [1.29, 1.82) is 0 Å². The van der Waals surface area contributed by atoms with Crippen LogP contribution in [0.4, 0.5) is 22.7 Å². The van der Waals surface area contributed by atoms with Crippen LogP contribution in [-0.4, -0.2) is 5.84 Å². The molecule has 1 aliphatic heterocycles. The van der Waals surface area contributed by atoms with E-state index in [1.807, 2.05) is 42.5 Å². The van der Waals surface area contributed by atoms with Crippen LogP contribution >= 0.6 is 0 Å². The minimum absolute atomic E-state index is 0.180. The van der Waals surface area contributed by atoms with Crippen LogP contribution in [0.3, 0.4) is 0 Å². The summed E-state index contributed by atoms with van der Waals surface area (Å²) in [5.41, 5.74) is 8.64. The molecule has 1 atom stereocenters. The zero-order valence-corrected chi connectivity index (χ0v) is 24.2. The predicted octanol–water partition coefficient (Wildman–Crippen LogP) is 10.6. The van der Waals surface area contributed by atoms with Gasteiger partial charge >= 0.3 is 0 Å². The smallest absolute Gasteiger partial charge is 0.157 e. The number of para-hydroxylation sites is 3. The first-order valence-corrected chi connectivity index (χ1v) is 15.1. The normalized spacial score (nSPS) is 14.3. The van der Waals surface area contributed by atoms with Crippen LogP contribution in [0, 0.1) is 0 Å². The van der Waals surface area contributed by atoms with Crippen LogP contribution < -0.4 is 10.2 Å². The number of amidine groups is 1. The summed E-state index contributed by atoms with van der Waals surface area (Å²) >= 11 is 0. The number of benzene rings is 6. The molecular formula is C40H27N3O2. The van der Waals surface area contributed by atoms with Gasteiger partial charge in [0.15, 0.2) is 5.76 Å². The number of rotatable bonds is 5. The summed E-state index contributed by atoms with van der Waals surface area (Å²) in [5, 5.41) is 6.79. The van der Waals surface area contributed by atoms with Gasteiger partial charge in [0.05, 0.1) is 11.1 Å². The average Bonchev–Trinajstić information content (AvgIpc) is 3.68. The van der Waals surface area contributed by atoms with E-state index in [9.17, 15) is 0 Å². The van der Waals surface area contributed by atoms with Gasteiger partial charge in [0, 0.05) is 27.7 Å². The molecule has 0 radical (unpaired) electrons. The van der Waals surface area contributed by atoms with Crippen molar-refractivity contribution in [2.45, 2.75) is 6.04 Å². The standard InChI is InChI=1S/C40H27N3O2/c1-4-13-26(14-5-1)37-39-38(30-19-10-11-21-33(30)45-39)42-40(41-37)27-23-24-34-31(25-27)36-32(20-12-22-35(36)44-34)43(28-15-6-2-7-16-28)29-17-8-3-9-18-29/h1-25,37H,(H,41,42). The number of nitrogens with zero attached hydrogens (tertiary/aromatic N) is 2. The van der Waals surface area contributed by atoms with Crippen molar-refractivity contribution in [3.63, 3.8) is 0 Å². The summed E-state index contributed by atoms with van der Waals surface area (Å²) in [6, 6.07) is 51.8. The first-order chi connectivity index (χ1) is 22.3. The van der Waals surface area contributed by atoms with E-state index in [1.54, 1.807) is 0 Å². The van der Waals surface area contributed by atoms with E-state index in [0.29, 0.717) is 0 Å². The maximum atomic E-state index is 6.45. The van der Waals surface area contributed by atoms with Gasteiger partial charge in [0.25, 0.3) is 0 Å². The summed E-state index contributed by atoms with van der Waals surface area (Å²) < 4.78 is 12.8. The van der Waals surface area contributed by atoms with Gasteiger partial charge in [-0.05, 0) is 72.3 Å². The number of hydrogen-bond donors (Lipinski definition) is 1. The monoisotopic (exact) mass is 581 g/mol. The molecule has 8 aromatic rings. The first kappa shape index (κ1) is 25.4. The second-order valence-electron chi connectivity index (χ2n) is 11.2. The van der Waals surface area contributed by atoms with Crippen molar-refractivity contribution in [1.82, 2.24) is 5.32 Å². The summed E-state index contributed by atoms with van der Waals surface area (Å²) in [6.07, 6.45) is 0. The van der Waals surface area contributed by atoms with Crippen molar-refractivity contribution in [2.75, 3.05) is 4.90 Å². The van der Waals surface area contributed by atoms with Crippen LogP contribution in [0.15, 0.2) is 165 Å². The number of fused-ring (bicyclic) bond motifs is 6. The third-order valence-corrected chi connectivity index (χ3v) is 8.51. The molecule has 9 rings (SSSR count). The highest BCUT2D eigenvalue weighted by molar-refractivity contribution is 6.16. The number of hydrogen-bond acceptors (Lipinski definition) is 5. The molecule has 2 aromatic heterocycles. The maximum absolute atomic E-state index is 6.45. The van der Waals surface area contributed by atoms with Gasteiger partial charge < -0.3 is 19.1 Å². The Hall–Kier alpha value is -6.07. The molecule has 0 saturated heterocycles. The van der Waals surface area contributed by atoms with E-state index in [2.05, 4.69) is 119 Å². The Morgan fingerprint density at radius 1 is 0.556 bits per heavy atom. The van der Waals surface area contributed by atoms with Crippen molar-refractivity contribution in [3.05, 3.63) is 169 Å². The van der Waals surface area contributed by atoms with Crippen molar-refractivity contribution >= 4 is 61.5 Å². The Kier molecular flexibility index (Phi) is 5.81. The lowest BCUT2D eigenvalue weighted by Gasteiger charge is -2.26. The second-order valence-corrected chi connectivity index (χ2v) is 11.2. The molecule has 0 bridgehead atoms. The van der Waals surface area contributed by atoms with Gasteiger partial charge in [-0.2, -0.15) is 0 Å². The number of aliphatic imine (C=N–C) groups is 1. The number of anilines is 3. The molecule has 5 nitrogen and oxygen atoms in total. The summed E-state index contributed by atoms with van der Waals surface area (Å²) in [6.45, 7) is 0. The van der Waals surface area contributed by atoms with E-state index < -0.39 is 0 Å². The molecule has 1 N–H and O–H groups in total. The molecule has 1 unspecified atom stereocenters. The fraction of sp³-hybridized carbons (Fsp3) is 0.0250. The van der Waals surface area contributed by atoms with Crippen molar-refractivity contribution in [2.24, 2.45) is 4.99 Å². The fourth-order valence-electron chi connectivity index (χ4n) is 6.46. The molecule has 45 heavy (non-hydrogen) atoms. The van der Waals surface area contributed by atoms with Gasteiger partial charge in [-0.15, -0.1) is 0 Å². The van der Waals surface area contributed by atoms with Crippen LogP contribution in [0.5, 0.6) is 0 Å². The molecule has 0 amide bonds. The molecule has 1 aliphatic rings. The van der Waals surface area contributed by atoms with Crippen LogP contribution in [0.25, 0.3) is 32.9 Å². The molecule has 214 valence electrons. The van der Waals surface area contributed by atoms with E-state index in [-0.39, 0.29) is 6.04 Å². The minimum atomic E-state index is -0.180. The lowest BCUT2D eigenvalue weighted by atomic mass is 9.99. The third-order valence-electron chi connectivity index (χ3n) is 8.51. The lowest BCUT2D eigenvalue weighted by molar-refractivity contribution is 0.504. The number of furan rings is 2. The molecule has 0 aliphatic carbocycles. The second kappa shape index (κ2) is 10.3. The first-order valence-electron chi connectivity index (χ1n) is 15.1. The summed E-state index contributed by atoms with van der Waals surface area (Å²) in [5.74, 6) is 1.62. The maximum Gasteiger partial charge on any atom is 0.157 e. The molecular weight excluding hydrogens is 554 g/mol. The quantitative estimate of drug-likeness (QED) is 0.220. The van der Waals surface area contributed by atoms with Crippen molar-refractivity contribution < 1.29 is 8.83 Å². The van der Waals surface area contributed by atoms with E-state index in [1.165, 1.54) is 0 Å². The van der Waals surface area contributed by atoms with Gasteiger partial charge in [0.1, 0.15) is 34.3 Å². The Bertz CT molecular complexity index is 2320. The Labute approximate surface area is 259 Å². The fourth-order valence-corrected chi connectivity index (χ4v) is 6.46. The Morgan fingerprint density at radius 2 is 1.20 bits per heavy atom. The number of nitrogens with one attached hydrogen (secondary N) is 1. The molecule has 6 aromatic carbocycles. The molecule has 0 fully saturated rings. The van der Waals surface area contributed by atoms with Gasteiger partial charge in [-0.3, -0.25) is 0 Å². The van der Waals surface area contributed by atoms with E-state index >= 15 is 0 Å². The van der Waals surface area contributed by atoms with Crippen LogP contribution in [0.1, 0.15) is 22.9 Å². The van der Waals surface area contributed by atoms with Crippen LogP contribution in [-0.2, 0) is 0 Å². The average molecular weight is 582 g/mol. The SMILES string of the molecule is c1ccc(C2NC(c3ccc4oc5cccc(N(c6ccccc6)c6ccccc6)c5c4c3)=Nc3c2oc2ccccc32)cc1. The molecule has 5 heteroatoms. The highest BCUT2D eigenvalue weighted by Gasteiger charge is 2.30. The zero-order valence-electron chi connectivity index (χ0n) is 24.2. The largest absolute Gasteiger partial charge is 0.456 e. The summed E-state index contributed by atoms with van der Waals surface area (Å²) in [7, 11) is 0. The van der Waals surface area contributed by atoms with Gasteiger partial charge in [0.2, 0.25) is 0 Å².